The van der Waals surface area contributed by atoms with Crippen LogP contribution in [0.25, 0.3) is 0 Å². The Morgan fingerprint density at radius 1 is 1.26 bits per heavy atom. The predicted octanol–water partition coefficient (Wildman–Crippen LogP) is 2.90. The van der Waals surface area contributed by atoms with Gasteiger partial charge < -0.3 is 11.1 Å². The van der Waals surface area contributed by atoms with Gasteiger partial charge in [0.25, 0.3) is 5.91 Å². The van der Waals surface area contributed by atoms with Gasteiger partial charge in [-0.25, -0.2) is 4.98 Å². The summed E-state index contributed by atoms with van der Waals surface area (Å²) in [4.78, 5) is 15.8. The number of nitrogens with one attached hydrogen (secondary N) is 1. The van der Waals surface area contributed by atoms with Gasteiger partial charge in [-0.15, -0.1) is 0 Å². The van der Waals surface area contributed by atoms with Gasteiger partial charge in [0.15, 0.2) is 0 Å². The van der Waals surface area contributed by atoms with E-state index in [1.54, 1.807) is 12.1 Å². The summed E-state index contributed by atoms with van der Waals surface area (Å²) in [5.74, 6) is -0.320. The second-order valence-corrected chi connectivity index (χ2v) is 4.71. The zero-order valence-electron chi connectivity index (χ0n) is 9.86. The number of halogens is 2. The molecule has 0 aliphatic rings. The predicted molar refractivity (Wildman–Crippen MR) is 76.3 cm³/mol. The number of pyridine rings is 1. The Balaban J connectivity index is 2.05. The zero-order chi connectivity index (χ0) is 13.8. The number of hydrogen-bond acceptors (Lipinski definition) is 3. The molecule has 0 saturated carbocycles. The molecule has 0 radical (unpaired) electrons. The van der Waals surface area contributed by atoms with Crippen LogP contribution in [-0.2, 0) is 6.54 Å². The standard InChI is InChI=1S/C13H11Cl2N3O/c14-9-3-1-8(2-4-9)6-18-13(19)11-5-10(16)7-17-12(11)15/h1-5,7H,6,16H2,(H,18,19). The molecule has 2 aromatic rings. The number of amides is 1. The van der Waals surface area contributed by atoms with E-state index in [1.165, 1.54) is 12.3 Å². The molecule has 4 nitrogen and oxygen atoms in total. The van der Waals surface area contributed by atoms with E-state index in [9.17, 15) is 4.79 Å². The fraction of sp³-hybridized carbons (Fsp3) is 0.0769. The molecule has 1 amide bonds. The van der Waals surface area contributed by atoms with Gasteiger partial charge in [0.1, 0.15) is 5.15 Å². The summed E-state index contributed by atoms with van der Waals surface area (Å²) in [7, 11) is 0. The second kappa shape index (κ2) is 5.91. The Morgan fingerprint density at radius 2 is 1.95 bits per heavy atom. The van der Waals surface area contributed by atoms with Gasteiger partial charge in [-0.1, -0.05) is 35.3 Å². The molecule has 1 heterocycles. The smallest absolute Gasteiger partial charge is 0.254 e. The molecule has 3 N–H and O–H groups in total. The van der Waals surface area contributed by atoms with Crippen molar-refractivity contribution in [2.24, 2.45) is 0 Å². The second-order valence-electron chi connectivity index (χ2n) is 3.92. The average molecular weight is 296 g/mol. The van der Waals surface area contributed by atoms with Crippen LogP contribution in [0.1, 0.15) is 15.9 Å². The Labute approximate surface area is 120 Å². The lowest BCUT2D eigenvalue weighted by Gasteiger charge is -2.07. The number of anilines is 1. The van der Waals surface area contributed by atoms with E-state index in [2.05, 4.69) is 10.3 Å². The molecule has 19 heavy (non-hydrogen) atoms. The summed E-state index contributed by atoms with van der Waals surface area (Å²) in [6, 6.07) is 8.69. The molecule has 0 unspecified atom stereocenters. The summed E-state index contributed by atoms with van der Waals surface area (Å²) in [6.07, 6.45) is 1.40. The number of nitrogens with two attached hydrogens (primary N) is 1. The Morgan fingerprint density at radius 3 is 2.63 bits per heavy atom. The minimum atomic E-state index is -0.320. The normalized spacial score (nSPS) is 10.2. The summed E-state index contributed by atoms with van der Waals surface area (Å²) < 4.78 is 0. The molecule has 0 fully saturated rings. The van der Waals surface area contributed by atoms with Crippen LogP contribution in [0.5, 0.6) is 0 Å². The summed E-state index contributed by atoms with van der Waals surface area (Å²) in [5, 5.41) is 3.52. The molecule has 0 atom stereocenters. The lowest BCUT2D eigenvalue weighted by atomic mass is 10.2. The van der Waals surface area contributed by atoms with Gasteiger partial charge in [-0.3, -0.25) is 4.79 Å². The molecular formula is C13H11Cl2N3O. The van der Waals surface area contributed by atoms with E-state index in [0.717, 1.165) is 5.56 Å². The topological polar surface area (TPSA) is 68.0 Å². The van der Waals surface area contributed by atoms with E-state index >= 15 is 0 Å². The quantitative estimate of drug-likeness (QED) is 0.856. The number of nitrogen functional groups attached to an aromatic ring is 1. The number of carbonyl (C=O) groups excluding carboxylic acids is 1. The highest BCUT2D eigenvalue weighted by Gasteiger charge is 2.11. The van der Waals surface area contributed by atoms with Crippen LogP contribution in [0.4, 0.5) is 5.69 Å². The highest BCUT2D eigenvalue weighted by atomic mass is 35.5. The Kier molecular flexibility index (Phi) is 4.24. The molecule has 0 saturated heterocycles. The first kappa shape index (κ1) is 13.6. The van der Waals surface area contributed by atoms with Crippen molar-refractivity contribution in [1.82, 2.24) is 10.3 Å². The van der Waals surface area contributed by atoms with Crippen LogP contribution in [-0.4, -0.2) is 10.9 Å². The van der Waals surface area contributed by atoms with Crippen molar-refractivity contribution >= 4 is 34.8 Å². The van der Waals surface area contributed by atoms with E-state index in [-0.39, 0.29) is 16.6 Å². The Hall–Kier alpha value is -1.78. The first-order valence-electron chi connectivity index (χ1n) is 5.50. The maximum atomic E-state index is 11.9. The molecule has 98 valence electrons. The lowest BCUT2D eigenvalue weighted by Crippen LogP contribution is -2.23. The van der Waals surface area contributed by atoms with Crippen LogP contribution in [0.2, 0.25) is 10.2 Å². The molecule has 1 aromatic heterocycles. The van der Waals surface area contributed by atoms with Crippen LogP contribution in [0, 0.1) is 0 Å². The minimum Gasteiger partial charge on any atom is -0.397 e. The molecule has 0 aliphatic heterocycles. The van der Waals surface area contributed by atoms with Crippen LogP contribution < -0.4 is 11.1 Å². The van der Waals surface area contributed by atoms with Gasteiger partial charge >= 0.3 is 0 Å². The summed E-state index contributed by atoms with van der Waals surface area (Å²) >= 11 is 11.6. The molecule has 2 rings (SSSR count). The van der Waals surface area contributed by atoms with E-state index in [4.69, 9.17) is 28.9 Å². The molecule has 6 heteroatoms. The van der Waals surface area contributed by atoms with Gasteiger partial charge in [0, 0.05) is 11.6 Å². The first-order chi connectivity index (χ1) is 9.06. The number of aromatic nitrogens is 1. The molecule has 0 aliphatic carbocycles. The number of hydrogen-bond donors (Lipinski definition) is 2. The van der Waals surface area contributed by atoms with Crippen LogP contribution in [0.15, 0.2) is 36.5 Å². The monoisotopic (exact) mass is 295 g/mol. The van der Waals surface area contributed by atoms with Gasteiger partial charge in [-0.05, 0) is 23.8 Å². The van der Waals surface area contributed by atoms with E-state index in [0.29, 0.717) is 17.3 Å². The van der Waals surface area contributed by atoms with E-state index < -0.39 is 0 Å². The van der Waals surface area contributed by atoms with Crippen LogP contribution in [0.3, 0.4) is 0 Å². The minimum absolute atomic E-state index is 0.128. The highest BCUT2D eigenvalue weighted by molar-refractivity contribution is 6.32. The summed E-state index contributed by atoms with van der Waals surface area (Å²) in [6.45, 7) is 0.376. The fourth-order valence-corrected chi connectivity index (χ4v) is 1.82. The SMILES string of the molecule is Nc1cnc(Cl)c(C(=O)NCc2ccc(Cl)cc2)c1. The summed E-state index contributed by atoms with van der Waals surface area (Å²) in [5.41, 5.74) is 7.16. The first-order valence-corrected chi connectivity index (χ1v) is 6.25. The third-order valence-corrected chi connectivity index (χ3v) is 3.02. The Bertz CT molecular complexity index is 599. The van der Waals surface area contributed by atoms with E-state index in [1.807, 2.05) is 12.1 Å². The van der Waals surface area contributed by atoms with Crippen molar-refractivity contribution in [2.75, 3.05) is 5.73 Å². The van der Waals surface area contributed by atoms with Gasteiger partial charge in [0.05, 0.1) is 17.4 Å². The van der Waals surface area contributed by atoms with Crippen LogP contribution >= 0.6 is 23.2 Å². The molecule has 0 bridgehead atoms. The van der Waals surface area contributed by atoms with Gasteiger partial charge in [-0.2, -0.15) is 0 Å². The van der Waals surface area contributed by atoms with Gasteiger partial charge in [0.2, 0.25) is 0 Å². The largest absolute Gasteiger partial charge is 0.397 e. The maximum absolute atomic E-state index is 11.9. The molecular weight excluding hydrogens is 285 g/mol. The van der Waals surface area contributed by atoms with Crippen molar-refractivity contribution in [2.45, 2.75) is 6.54 Å². The molecule has 0 spiro atoms. The maximum Gasteiger partial charge on any atom is 0.254 e. The number of rotatable bonds is 3. The highest BCUT2D eigenvalue weighted by Crippen LogP contribution is 2.15. The third-order valence-electron chi connectivity index (χ3n) is 2.47. The van der Waals surface area contributed by atoms with Crippen molar-refractivity contribution in [3.05, 3.63) is 57.8 Å². The van der Waals surface area contributed by atoms with Crippen molar-refractivity contribution in [1.29, 1.82) is 0 Å². The van der Waals surface area contributed by atoms with Crippen molar-refractivity contribution < 1.29 is 4.79 Å². The van der Waals surface area contributed by atoms with Crippen molar-refractivity contribution in [3.8, 4) is 0 Å². The zero-order valence-corrected chi connectivity index (χ0v) is 11.4. The third kappa shape index (κ3) is 3.59. The number of benzene rings is 1. The fourth-order valence-electron chi connectivity index (χ4n) is 1.50. The number of carbonyl (C=O) groups is 1. The lowest BCUT2D eigenvalue weighted by molar-refractivity contribution is 0.0951. The van der Waals surface area contributed by atoms with Crippen molar-refractivity contribution in [3.63, 3.8) is 0 Å². The molecule has 1 aromatic carbocycles. The average Bonchev–Trinajstić information content (AvgIpc) is 2.40. The number of nitrogens with zero attached hydrogens (tertiary/aromatic N) is 1.